The van der Waals surface area contributed by atoms with Gasteiger partial charge >= 0.3 is 0 Å². The fraction of sp³-hybridized carbons (Fsp3) is 0.0667. The summed E-state index contributed by atoms with van der Waals surface area (Å²) in [5.41, 5.74) is 1.08. The van der Waals surface area contributed by atoms with E-state index in [1.165, 1.54) is 4.90 Å². The van der Waals surface area contributed by atoms with Gasteiger partial charge in [-0.05, 0) is 36.4 Å². The number of nitrogens with zero attached hydrogens (tertiary/aromatic N) is 1. The predicted molar refractivity (Wildman–Crippen MR) is 78.3 cm³/mol. The molecular weight excluding hydrogens is 306 g/mol. The zero-order valence-corrected chi connectivity index (χ0v) is 11.9. The van der Waals surface area contributed by atoms with E-state index in [1.54, 1.807) is 43.4 Å². The molecule has 96 valence electrons. The third-order valence-electron chi connectivity index (χ3n) is 2.75. The molecule has 0 aliphatic heterocycles. The first-order chi connectivity index (χ1) is 9.09. The van der Waals surface area contributed by atoms with Gasteiger partial charge in [-0.1, -0.05) is 34.1 Å². The van der Waals surface area contributed by atoms with Gasteiger partial charge in [0.05, 0.1) is 0 Å². The zero-order valence-electron chi connectivity index (χ0n) is 10.3. The van der Waals surface area contributed by atoms with E-state index in [2.05, 4.69) is 15.9 Å². The van der Waals surface area contributed by atoms with E-state index in [4.69, 9.17) is 0 Å². The number of ketones is 1. The highest BCUT2D eigenvalue weighted by Crippen LogP contribution is 2.15. The number of carbonyl (C=O) groups excluding carboxylic acids is 2. The van der Waals surface area contributed by atoms with Crippen LogP contribution in [0.25, 0.3) is 0 Å². The highest BCUT2D eigenvalue weighted by Gasteiger charge is 2.21. The van der Waals surface area contributed by atoms with Crippen molar-refractivity contribution in [1.29, 1.82) is 0 Å². The van der Waals surface area contributed by atoms with E-state index in [1.807, 2.05) is 18.2 Å². The number of hydrogen-bond donors (Lipinski definition) is 0. The van der Waals surface area contributed by atoms with E-state index in [9.17, 15) is 9.59 Å². The summed E-state index contributed by atoms with van der Waals surface area (Å²) in [6.45, 7) is 0. The lowest BCUT2D eigenvalue weighted by Gasteiger charge is -2.16. The van der Waals surface area contributed by atoms with Gasteiger partial charge < -0.3 is 4.90 Å². The smallest absolute Gasteiger partial charge is 0.299 e. The number of halogens is 1. The molecule has 0 aliphatic carbocycles. The van der Waals surface area contributed by atoms with Gasteiger partial charge in [-0.3, -0.25) is 9.59 Å². The monoisotopic (exact) mass is 317 g/mol. The molecule has 0 spiro atoms. The molecule has 0 fully saturated rings. The first kappa shape index (κ1) is 13.5. The van der Waals surface area contributed by atoms with E-state index in [0.29, 0.717) is 11.3 Å². The molecule has 0 aliphatic rings. The normalized spacial score (nSPS) is 10.0. The molecule has 0 unspecified atom stereocenters. The van der Waals surface area contributed by atoms with E-state index in [-0.39, 0.29) is 0 Å². The highest BCUT2D eigenvalue weighted by molar-refractivity contribution is 9.10. The van der Waals surface area contributed by atoms with Gasteiger partial charge in [-0.15, -0.1) is 0 Å². The van der Waals surface area contributed by atoms with Crippen LogP contribution in [0.1, 0.15) is 10.4 Å². The minimum Gasteiger partial charge on any atom is -0.309 e. The second-order valence-electron chi connectivity index (χ2n) is 4.04. The number of rotatable bonds is 3. The second kappa shape index (κ2) is 5.80. The number of Topliss-reactive ketones (excluding diaryl/α,β-unsaturated/α-hetero) is 1. The summed E-state index contributed by atoms with van der Waals surface area (Å²) in [4.78, 5) is 25.5. The van der Waals surface area contributed by atoms with Crippen molar-refractivity contribution in [2.24, 2.45) is 0 Å². The molecule has 0 saturated heterocycles. The van der Waals surface area contributed by atoms with Crippen molar-refractivity contribution in [3.8, 4) is 0 Å². The van der Waals surface area contributed by atoms with E-state index in [0.717, 1.165) is 4.47 Å². The molecule has 2 rings (SSSR count). The summed E-state index contributed by atoms with van der Waals surface area (Å²) in [7, 11) is 1.59. The number of amides is 1. The second-order valence-corrected chi connectivity index (χ2v) is 4.95. The minimum absolute atomic E-state index is 0.385. The first-order valence-corrected chi connectivity index (χ1v) is 6.52. The van der Waals surface area contributed by atoms with Crippen LogP contribution in [0.2, 0.25) is 0 Å². The quantitative estimate of drug-likeness (QED) is 0.643. The SMILES string of the molecule is CN(C(=O)C(=O)c1ccc(Br)cc1)c1ccccc1. The predicted octanol–water partition coefficient (Wildman–Crippen LogP) is 3.29. The Balaban J connectivity index is 2.20. The van der Waals surface area contributed by atoms with Crippen LogP contribution < -0.4 is 4.90 Å². The van der Waals surface area contributed by atoms with Crippen molar-refractivity contribution in [2.45, 2.75) is 0 Å². The molecule has 0 radical (unpaired) electrons. The fourth-order valence-electron chi connectivity index (χ4n) is 1.65. The summed E-state index contributed by atoms with van der Waals surface area (Å²) in [5.74, 6) is -1.06. The Morgan fingerprint density at radius 2 is 1.53 bits per heavy atom. The zero-order chi connectivity index (χ0) is 13.8. The van der Waals surface area contributed by atoms with Gasteiger partial charge in [0.15, 0.2) is 0 Å². The van der Waals surface area contributed by atoms with Crippen molar-refractivity contribution >= 4 is 33.3 Å². The number of para-hydroxylation sites is 1. The minimum atomic E-state index is -0.548. The van der Waals surface area contributed by atoms with Gasteiger partial charge in [-0.25, -0.2) is 0 Å². The van der Waals surface area contributed by atoms with Crippen LogP contribution in [0.15, 0.2) is 59.1 Å². The lowest BCUT2D eigenvalue weighted by molar-refractivity contribution is -0.114. The topological polar surface area (TPSA) is 37.4 Å². The summed E-state index contributed by atoms with van der Waals surface area (Å²) in [6, 6.07) is 15.8. The third-order valence-corrected chi connectivity index (χ3v) is 3.28. The number of carbonyl (C=O) groups is 2. The fourth-order valence-corrected chi connectivity index (χ4v) is 1.91. The molecule has 19 heavy (non-hydrogen) atoms. The van der Waals surface area contributed by atoms with Crippen LogP contribution in [0.3, 0.4) is 0 Å². The lowest BCUT2D eigenvalue weighted by atomic mass is 10.1. The van der Waals surface area contributed by atoms with Crippen molar-refractivity contribution in [2.75, 3.05) is 11.9 Å². The first-order valence-electron chi connectivity index (χ1n) is 5.72. The van der Waals surface area contributed by atoms with E-state index < -0.39 is 11.7 Å². The Hall–Kier alpha value is -1.94. The Morgan fingerprint density at radius 3 is 2.11 bits per heavy atom. The standard InChI is InChI=1S/C15H12BrNO2/c1-17(13-5-3-2-4-6-13)15(19)14(18)11-7-9-12(16)10-8-11/h2-10H,1H3. The maximum atomic E-state index is 12.1. The molecule has 0 bridgehead atoms. The van der Waals surface area contributed by atoms with E-state index >= 15 is 0 Å². The lowest BCUT2D eigenvalue weighted by Crippen LogP contribution is -2.33. The molecular formula is C15H12BrNO2. The summed E-state index contributed by atoms with van der Waals surface area (Å²) in [5, 5.41) is 0. The molecule has 0 heterocycles. The Kier molecular flexibility index (Phi) is 4.12. The molecule has 0 atom stereocenters. The van der Waals surface area contributed by atoms with Gasteiger partial charge in [0, 0.05) is 22.8 Å². The Labute approximate surface area is 120 Å². The van der Waals surface area contributed by atoms with Crippen molar-refractivity contribution < 1.29 is 9.59 Å². The van der Waals surface area contributed by atoms with Gasteiger partial charge in [0.2, 0.25) is 0 Å². The molecule has 0 saturated carbocycles. The molecule has 1 amide bonds. The third kappa shape index (κ3) is 3.09. The maximum Gasteiger partial charge on any atom is 0.299 e. The summed E-state index contributed by atoms with van der Waals surface area (Å²) in [6.07, 6.45) is 0. The maximum absolute atomic E-state index is 12.1. The van der Waals surface area contributed by atoms with Crippen molar-refractivity contribution in [3.63, 3.8) is 0 Å². The van der Waals surface area contributed by atoms with Gasteiger partial charge in [0.1, 0.15) is 0 Å². The summed E-state index contributed by atoms with van der Waals surface area (Å²) < 4.78 is 0.868. The average molecular weight is 318 g/mol. The van der Waals surface area contributed by atoms with Crippen LogP contribution in [0, 0.1) is 0 Å². The van der Waals surface area contributed by atoms with Crippen LogP contribution in [0.4, 0.5) is 5.69 Å². The molecule has 0 aromatic heterocycles. The number of anilines is 1. The van der Waals surface area contributed by atoms with Crippen molar-refractivity contribution in [3.05, 3.63) is 64.6 Å². The van der Waals surface area contributed by atoms with Crippen LogP contribution in [-0.2, 0) is 4.79 Å². The number of hydrogen-bond acceptors (Lipinski definition) is 2. The van der Waals surface area contributed by atoms with Crippen LogP contribution >= 0.6 is 15.9 Å². The largest absolute Gasteiger partial charge is 0.309 e. The van der Waals surface area contributed by atoms with Gasteiger partial charge in [0.25, 0.3) is 11.7 Å². The van der Waals surface area contributed by atoms with Crippen LogP contribution in [-0.4, -0.2) is 18.7 Å². The Morgan fingerprint density at radius 1 is 0.947 bits per heavy atom. The Bertz CT molecular complexity index is 593. The summed E-state index contributed by atoms with van der Waals surface area (Å²) >= 11 is 3.29. The number of benzene rings is 2. The molecule has 4 heteroatoms. The molecule has 0 N–H and O–H groups in total. The van der Waals surface area contributed by atoms with Gasteiger partial charge in [-0.2, -0.15) is 0 Å². The molecule has 2 aromatic rings. The van der Waals surface area contributed by atoms with Crippen LogP contribution in [0.5, 0.6) is 0 Å². The average Bonchev–Trinajstić information content (AvgIpc) is 2.46. The molecule has 2 aromatic carbocycles. The number of likely N-dealkylation sites (N-methyl/N-ethyl adjacent to an activating group) is 1. The molecule has 3 nitrogen and oxygen atoms in total. The highest BCUT2D eigenvalue weighted by atomic mass is 79.9. The van der Waals surface area contributed by atoms with Crippen molar-refractivity contribution in [1.82, 2.24) is 0 Å².